The zero-order valence-electron chi connectivity index (χ0n) is 12.5. The second-order valence-corrected chi connectivity index (χ2v) is 6.85. The van der Waals surface area contributed by atoms with E-state index in [1.54, 1.807) is 7.05 Å². The van der Waals surface area contributed by atoms with Gasteiger partial charge in [-0.25, -0.2) is 9.89 Å². The van der Waals surface area contributed by atoms with Gasteiger partial charge in [0.05, 0.1) is 5.54 Å². The maximum Gasteiger partial charge on any atom is 0.343 e. The lowest BCUT2D eigenvalue weighted by Crippen LogP contribution is -2.53. The van der Waals surface area contributed by atoms with Crippen molar-refractivity contribution in [1.29, 1.82) is 0 Å². The molecule has 1 aromatic heterocycles. The smallest absolute Gasteiger partial charge is 0.343 e. The Morgan fingerprint density at radius 1 is 1.57 bits per heavy atom. The molecule has 118 valence electrons. The van der Waals surface area contributed by atoms with Crippen LogP contribution in [0.3, 0.4) is 0 Å². The molecule has 7 nitrogen and oxygen atoms in total. The number of unbranched alkanes of at least 4 members (excludes halogenated alkanes) is 1. The summed E-state index contributed by atoms with van der Waals surface area (Å²) < 4.78 is 1.49. The van der Waals surface area contributed by atoms with Crippen molar-refractivity contribution in [1.82, 2.24) is 20.1 Å². The summed E-state index contributed by atoms with van der Waals surface area (Å²) in [5.41, 5.74) is 4.71. The largest absolute Gasteiger partial charge is 0.368 e. The van der Waals surface area contributed by atoms with Crippen LogP contribution in [0.25, 0.3) is 0 Å². The summed E-state index contributed by atoms with van der Waals surface area (Å²) in [6, 6.07) is 0.454. The lowest BCUT2D eigenvalue weighted by Gasteiger charge is -2.27. The minimum Gasteiger partial charge on any atom is -0.368 e. The zero-order valence-corrected chi connectivity index (χ0v) is 13.3. The summed E-state index contributed by atoms with van der Waals surface area (Å²) in [4.78, 5) is 22.8. The number of carbonyl (C=O) groups excluding carboxylic acids is 1. The molecule has 1 saturated carbocycles. The van der Waals surface area contributed by atoms with Gasteiger partial charge in [0.25, 0.3) is 0 Å². The molecule has 1 heterocycles. The molecule has 1 aliphatic rings. The fourth-order valence-electron chi connectivity index (χ4n) is 2.15. The number of aromatic nitrogens is 3. The molecular weight excluding hydrogens is 290 g/mol. The van der Waals surface area contributed by atoms with E-state index in [9.17, 15) is 9.59 Å². The Bertz CT molecular complexity index is 551. The molecule has 0 saturated heterocycles. The summed E-state index contributed by atoms with van der Waals surface area (Å²) in [5, 5.41) is 10.4. The number of amides is 1. The van der Waals surface area contributed by atoms with Gasteiger partial charge in [-0.15, -0.1) is 5.10 Å². The number of nitrogens with one attached hydrogen (secondary N) is 2. The lowest BCUT2D eigenvalue weighted by molar-refractivity contribution is -0.124. The molecule has 0 radical (unpaired) electrons. The van der Waals surface area contributed by atoms with Gasteiger partial charge in [0.1, 0.15) is 0 Å². The summed E-state index contributed by atoms with van der Waals surface area (Å²) in [5.74, 6) is 0.577. The topological polar surface area (TPSA) is 106 Å². The van der Waals surface area contributed by atoms with Crippen LogP contribution in [-0.2, 0) is 11.8 Å². The van der Waals surface area contributed by atoms with Crippen LogP contribution in [-0.4, -0.2) is 38.0 Å². The van der Waals surface area contributed by atoms with Gasteiger partial charge in [0.15, 0.2) is 5.16 Å². The third-order valence-corrected chi connectivity index (χ3v) is 4.90. The van der Waals surface area contributed by atoms with E-state index in [1.807, 2.05) is 6.92 Å². The van der Waals surface area contributed by atoms with Crippen molar-refractivity contribution in [3.8, 4) is 0 Å². The van der Waals surface area contributed by atoms with E-state index in [0.29, 0.717) is 11.2 Å². The van der Waals surface area contributed by atoms with E-state index in [4.69, 9.17) is 5.73 Å². The highest BCUT2D eigenvalue weighted by Gasteiger charge is 2.36. The zero-order chi connectivity index (χ0) is 15.5. The highest BCUT2D eigenvalue weighted by Crippen LogP contribution is 2.25. The SMILES string of the molecule is Cn1c(SCCCCC(C)(NC2CC2)C(N)=O)n[nH]c1=O. The van der Waals surface area contributed by atoms with Gasteiger partial charge in [-0.3, -0.25) is 9.36 Å². The van der Waals surface area contributed by atoms with Crippen molar-refractivity contribution < 1.29 is 4.79 Å². The second kappa shape index (κ2) is 6.65. The number of nitrogens with two attached hydrogens (primary N) is 1. The summed E-state index contributed by atoms with van der Waals surface area (Å²) in [6.07, 6.45) is 4.85. The van der Waals surface area contributed by atoms with Crippen LogP contribution < -0.4 is 16.7 Å². The summed E-state index contributed by atoms with van der Waals surface area (Å²) >= 11 is 1.54. The van der Waals surface area contributed by atoms with Crippen molar-refractivity contribution >= 4 is 17.7 Å². The van der Waals surface area contributed by atoms with Crippen LogP contribution in [0, 0.1) is 0 Å². The molecule has 0 spiro atoms. The molecule has 1 aliphatic carbocycles. The Kier molecular flexibility index (Phi) is 5.10. The monoisotopic (exact) mass is 313 g/mol. The maximum atomic E-state index is 11.6. The van der Waals surface area contributed by atoms with Gasteiger partial charge >= 0.3 is 5.69 Å². The van der Waals surface area contributed by atoms with Gasteiger partial charge in [-0.1, -0.05) is 18.2 Å². The number of nitrogens with zero attached hydrogens (tertiary/aromatic N) is 2. The first kappa shape index (κ1) is 16.1. The molecule has 1 fully saturated rings. The van der Waals surface area contributed by atoms with Crippen molar-refractivity contribution in [3.05, 3.63) is 10.5 Å². The van der Waals surface area contributed by atoms with Gasteiger partial charge in [-0.2, -0.15) is 0 Å². The summed E-state index contributed by atoms with van der Waals surface area (Å²) in [7, 11) is 1.69. The second-order valence-electron chi connectivity index (χ2n) is 5.79. The van der Waals surface area contributed by atoms with Crippen LogP contribution >= 0.6 is 11.8 Å². The number of hydrogen-bond acceptors (Lipinski definition) is 5. The molecular formula is C13H23N5O2S. The van der Waals surface area contributed by atoms with E-state index in [1.165, 1.54) is 16.3 Å². The predicted molar refractivity (Wildman–Crippen MR) is 82.2 cm³/mol. The number of primary amides is 1. The average molecular weight is 313 g/mol. The first-order valence-electron chi connectivity index (χ1n) is 7.24. The number of carbonyl (C=O) groups is 1. The Morgan fingerprint density at radius 2 is 2.29 bits per heavy atom. The van der Waals surface area contributed by atoms with Crippen LogP contribution in [0.1, 0.15) is 39.0 Å². The van der Waals surface area contributed by atoms with Crippen LogP contribution in [0.4, 0.5) is 0 Å². The molecule has 8 heteroatoms. The molecule has 1 amide bonds. The van der Waals surface area contributed by atoms with E-state index in [2.05, 4.69) is 15.5 Å². The van der Waals surface area contributed by atoms with Crippen molar-refractivity contribution in [2.45, 2.75) is 55.8 Å². The van der Waals surface area contributed by atoms with E-state index < -0.39 is 5.54 Å². The average Bonchev–Trinajstić information content (AvgIpc) is 3.18. The standard InChI is InChI=1S/C13H23N5O2S/c1-13(10(14)19,15-9-5-6-9)7-3-4-8-21-12-17-16-11(20)18(12)2/h9,15H,3-8H2,1-2H3,(H2,14,19)(H,16,20). The minimum absolute atomic E-state index is 0.201. The van der Waals surface area contributed by atoms with Crippen LogP contribution in [0.2, 0.25) is 0 Å². The molecule has 2 rings (SSSR count). The highest BCUT2D eigenvalue weighted by molar-refractivity contribution is 7.99. The normalized spacial score (nSPS) is 17.6. The number of rotatable bonds is 9. The number of aromatic amines is 1. The molecule has 21 heavy (non-hydrogen) atoms. The number of hydrogen-bond donors (Lipinski definition) is 3. The predicted octanol–water partition coefficient (Wildman–Crippen LogP) is 0.367. The molecule has 1 unspecified atom stereocenters. The summed E-state index contributed by atoms with van der Waals surface area (Å²) in [6.45, 7) is 1.89. The van der Waals surface area contributed by atoms with Crippen LogP contribution in [0.15, 0.2) is 9.95 Å². The Labute approximate surface area is 128 Å². The third-order valence-electron chi connectivity index (χ3n) is 3.78. The van der Waals surface area contributed by atoms with E-state index in [0.717, 1.165) is 37.9 Å². The molecule has 0 bridgehead atoms. The van der Waals surface area contributed by atoms with Gasteiger partial charge in [0, 0.05) is 18.8 Å². The van der Waals surface area contributed by atoms with Gasteiger partial charge in [0.2, 0.25) is 5.91 Å². The molecule has 0 aliphatic heterocycles. The Morgan fingerprint density at radius 3 is 2.81 bits per heavy atom. The molecule has 0 aromatic carbocycles. The Balaban J connectivity index is 1.71. The maximum absolute atomic E-state index is 11.6. The van der Waals surface area contributed by atoms with Crippen molar-refractivity contribution in [2.24, 2.45) is 12.8 Å². The lowest BCUT2D eigenvalue weighted by atomic mass is 9.94. The molecule has 1 atom stereocenters. The van der Waals surface area contributed by atoms with Gasteiger partial charge in [-0.05, 0) is 32.6 Å². The highest BCUT2D eigenvalue weighted by atomic mass is 32.2. The first-order valence-corrected chi connectivity index (χ1v) is 8.23. The quantitative estimate of drug-likeness (QED) is 0.451. The van der Waals surface area contributed by atoms with Crippen molar-refractivity contribution in [2.75, 3.05) is 5.75 Å². The number of H-pyrrole nitrogens is 1. The van der Waals surface area contributed by atoms with E-state index in [-0.39, 0.29) is 11.6 Å². The van der Waals surface area contributed by atoms with Crippen molar-refractivity contribution in [3.63, 3.8) is 0 Å². The minimum atomic E-state index is -0.606. The fourth-order valence-corrected chi connectivity index (χ4v) is 3.07. The molecule has 4 N–H and O–H groups in total. The first-order chi connectivity index (χ1) is 9.92. The van der Waals surface area contributed by atoms with E-state index >= 15 is 0 Å². The third kappa shape index (κ3) is 4.34. The molecule has 1 aromatic rings. The fraction of sp³-hybridized carbons (Fsp3) is 0.769. The van der Waals surface area contributed by atoms with Crippen LogP contribution in [0.5, 0.6) is 0 Å². The Hall–Kier alpha value is -1.28. The van der Waals surface area contributed by atoms with Gasteiger partial charge < -0.3 is 11.1 Å². The number of thioether (sulfide) groups is 1.